The number of nitrogens with zero attached hydrogens (tertiary/aromatic N) is 1. The number of para-hydroxylation sites is 1. The van der Waals surface area contributed by atoms with Crippen LogP contribution in [0.5, 0.6) is 5.75 Å². The van der Waals surface area contributed by atoms with E-state index in [0.29, 0.717) is 17.2 Å². The second-order valence-corrected chi connectivity index (χ2v) is 12.1. The maximum Gasteiger partial charge on any atom is 0.307 e. The van der Waals surface area contributed by atoms with E-state index in [-0.39, 0.29) is 6.42 Å². The second kappa shape index (κ2) is 12.6. The van der Waals surface area contributed by atoms with Gasteiger partial charge >= 0.3 is 5.97 Å². The number of carboxylic acids is 1. The third-order valence-electron chi connectivity index (χ3n) is 6.54. The Balaban J connectivity index is 2.19. The zero-order chi connectivity index (χ0) is 26.3. The summed E-state index contributed by atoms with van der Waals surface area (Å²) in [5.41, 5.74) is 1.22. The van der Waals surface area contributed by atoms with Crippen molar-refractivity contribution in [3.05, 3.63) is 42.5 Å². The zero-order valence-electron chi connectivity index (χ0n) is 21.7. The molecule has 1 unspecified atom stereocenters. The summed E-state index contributed by atoms with van der Waals surface area (Å²) in [7, 11) is -3.39. The van der Waals surface area contributed by atoms with Gasteiger partial charge in [0, 0.05) is 18.3 Å². The van der Waals surface area contributed by atoms with Crippen molar-refractivity contribution in [2.75, 3.05) is 17.7 Å². The molecule has 0 saturated heterocycles. The summed E-state index contributed by atoms with van der Waals surface area (Å²) < 4.78 is 32.6. The Kier molecular flexibility index (Phi) is 10.00. The third kappa shape index (κ3) is 6.89. The maximum atomic E-state index is 11.6. The van der Waals surface area contributed by atoms with E-state index in [1.807, 2.05) is 42.7 Å². The summed E-state index contributed by atoms with van der Waals surface area (Å²) in [6.07, 6.45) is 6.85. The highest BCUT2D eigenvalue weighted by Gasteiger charge is 2.42. The van der Waals surface area contributed by atoms with Crippen molar-refractivity contribution in [1.82, 2.24) is 4.72 Å². The van der Waals surface area contributed by atoms with Crippen LogP contribution in [0.25, 0.3) is 0 Å². The maximum absolute atomic E-state index is 11.6. The zero-order valence-corrected chi connectivity index (χ0v) is 23.3. The van der Waals surface area contributed by atoms with E-state index in [0.717, 1.165) is 54.8 Å². The Morgan fingerprint density at radius 1 is 1.17 bits per heavy atom. The highest BCUT2D eigenvalue weighted by atomic mass is 32.3. The van der Waals surface area contributed by atoms with Gasteiger partial charge < -0.3 is 14.7 Å². The van der Waals surface area contributed by atoms with Crippen molar-refractivity contribution < 1.29 is 23.7 Å². The van der Waals surface area contributed by atoms with Gasteiger partial charge in [0.2, 0.25) is 0 Å². The van der Waals surface area contributed by atoms with Crippen LogP contribution >= 0.6 is 22.5 Å². The molecule has 2 aromatic rings. The quantitative estimate of drug-likeness (QED) is 0.206. The lowest BCUT2D eigenvalue weighted by atomic mass is 9.87. The molecule has 0 saturated carbocycles. The molecule has 1 heterocycles. The van der Waals surface area contributed by atoms with E-state index in [1.165, 1.54) is 11.8 Å². The molecule has 0 amide bonds. The molecular weight excluding hydrogens is 496 g/mol. The number of rotatable bonds is 12. The monoisotopic (exact) mass is 536 g/mol. The number of thioether (sulfide) groups is 1. The van der Waals surface area contributed by atoms with Crippen LogP contribution in [0.4, 0.5) is 11.4 Å². The molecule has 1 atom stereocenters. The van der Waals surface area contributed by atoms with E-state index in [1.54, 1.807) is 13.0 Å². The lowest BCUT2D eigenvalue weighted by Crippen LogP contribution is -2.51. The molecule has 1 aliphatic rings. The Morgan fingerprint density at radius 3 is 2.36 bits per heavy atom. The predicted octanol–water partition coefficient (Wildman–Crippen LogP) is 7.54. The number of ether oxygens (including phenoxy) is 1. The summed E-state index contributed by atoms with van der Waals surface area (Å²) in [4.78, 5) is 14.6. The average Bonchev–Trinajstić information content (AvgIpc) is 2.93. The summed E-state index contributed by atoms with van der Waals surface area (Å²) in [6, 6.07) is 13.7. The molecule has 3 rings (SSSR count). The number of hydrogen-bond acceptors (Lipinski definition) is 7. The van der Waals surface area contributed by atoms with Crippen molar-refractivity contribution in [2.24, 2.45) is 0 Å². The molecule has 2 aromatic carbocycles. The Bertz CT molecular complexity index is 1010. The van der Waals surface area contributed by atoms with Crippen molar-refractivity contribution >= 4 is 39.9 Å². The molecular formula is C27H40N2O5S2. The van der Waals surface area contributed by atoms with Gasteiger partial charge in [0.05, 0.1) is 22.5 Å². The minimum Gasteiger partial charge on any atom is -0.489 e. The van der Waals surface area contributed by atoms with Gasteiger partial charge in [-0.05, 0) is 44.2 Å². The number of nitrogens with one attached hydrogen (secondary N) is 1. The Hall–Kier alpha value is -1.91. The van der Waals surface area contributed by atoms with E-state index in [9.17, 15) is 19.0 Å². The number of carboxylic acid groups (broad SMARTS) is 1. The van der Waals surface area contributed by atoms with Gasteiger partial charge in [0.25, 0.3) is 0 Å². The highest BCUT2D eigenvalue weighted by Crippen LogP contribution is 2.57. The molecule has 0 bridgehead atoms. The van der Waals surface area contributed by atoms with E-state index in [2.05, 4.69) is 23.5 Å². The number of anilines is 2. The van der Waals surface area contributed by atoms with Gasteiger partial charge in [-0.3, -0.25) is 13.9 Å². The van der Waals surface area contributed by atoms with Crippen molar-refractivity contribution in [3.8, 4) is 5.75 Å². The number of aliphatic carboxylic acids is 1. The number of fused-ring (bicyclic) bond motifs is 1. The second-order valence-electron chi connectivity index (χ2n) is 9.56. The molecule has 0 aromatic heterocycles. The molecule has 0 aliphatic carbocycles. The van der Waals surface area contributed by atoms with Crippen LogP contribution < -0.4 is 14.4 Å². The van der Waals surface area contributed by atoms with E-state index >= 15 is 0 Å². The van der Waals surface area contributed by atoms with Crippen molar-refractivity contribution in [1.29, 1.82) is 0 Å². The van der Waals surface area contributed by atoms with Crippen LogP contribution in [0.15, 0.2) is 52.3 Å². The largest absolute Gasteiger partial charge is 0.489 e. The standard InChI is InChI=1S/C27H40N2O5S2/c1-5-7-14-27(15-8-6-2)19-29(21-12-10-9-11-13-21)22-17-24(35-4)23(34-20(3)16-26(30)31)18-25(22)36(32,33)28-27/h9-13,17-18,20,28,32-33H,5-8,14-16,19H2,1-4H3,(H,30,31). The predicted molar refractivity (Wildman–Crippen MR) is 150 cm³/mol. The lowest BCUT2D eigenvalue weighted by molar-refractivity contribution is -0.138. The van der Waals surface area contributed by atoms with Crippen LogP contribution in [0.3, 0.4) is 0 Å². The van der Waals surface area contributed by atoms with Crippen LogP contribution in [-0.2, 0) is 4.79 Å². The van der Waals surface area contributed by atoms with Crippen molar-refractivity contribution in [2.45, 2.75) is 87.2 Å². The Morgan fingerprint density at radius 2 is 1.81 bits per heavy atom. The highest BCUT2D eigenvalue weighted by molar-refractivity contribution is 8.22. The fourth-order valence-electron chi connectivity index (χ4n) is 4.76. The Labute approximate surface area is 221 Å². The number of unbranched alkanes of at least 4 members (excludes halogenated alkanes) is 2. The molecule has 0 spiro atoms. The molecule has 9 heteroatoms. The molecule has 7 nitrogen and oxygen atoms in total. The third-order valence-corrected chi connectivity index (χ3v) is 8.95. The van der Waals surface area contributed by atoms with Gasteiger partial charge in [-0.2, -0.15) is 0 Å². The fraction of sp³-hybridized carbons (Fsp3) is 0.519. The van der Waals surface area contributed by atoms with E-state index < -0.39 is 28.4 Å². The molecule has 1 aliphatic heterocycles. The lowest BCUT2D eigenvalue weighted by Gasteiger charge is -2.43. The first-order chi connectivity index (χ1) is 17.1. The number of carbonyl (C=O) groups is 1. The van der Waals surface area contributed by atoms with E-state index in [4.69, 9.17) is 4.74 Å². The van der Waals surface area contributed by atoms with Crippen LogP contribution in [0.2, 0.25) is 0 Å². The minimum absolute atomic E-state index is 0.146. The van der Waals surface area contributed by atoms with Crippen LogP contribution in [-0.4, -0.2) is 44.6 Å². The summed E-state index contributed by atoms with van der Waals surface area (Å²) in [6.45, 7) is 6.61. The summed E-state index contributed by atoms with van der Waals surface area (Å²) >= 11 is 1.49. The average molecular weight is 537 g/mol. The summed E-state index contributed by atoms with van der Waals surface area (Å²) in [5, 5.41) is 9.18. The van der Waals surface area contributed by atoms with Crippen LogP contribution in [0, 0.1) is 0 Å². The van der Waals surface area contributed by atoms with Crippen LogP contribution in [0.1, 0.15) is 65.7 Å². The minimum atomic E-state index is -3.39. The number of hydrogen-bond donors (Lipinski definition) is 4. The SMILES string of the molecule is CCCCC1(CCCC)CN(c2ccccc2)c2cc(SC)c(OC(C)CC(=O)O)cc2S(O)(O)N1. The first-order valence-corrected chi connectivity index (χ1v) is 15.4. The first-order valence-electron chi connectivity index (χ1n) is 12.6. The smallest absolute Gasteiger partial charge is 0.307 e. The fourth-order valence-corrected chi connectivity index (χ4v) is 7.01. The normalized spacial score (nSPS) is 18.1. The first kappa shape index (κ1) is 28.7. The molecule has 36 heavy (non-hydrogen) atoms. The van der Waals surface area contributed by atoms with Gasteiger partial charge in [-0.1, -0.05) is 57.7 Å². The van der Waals surface area contributed by atoms with Crippen molar-refractivity contribution in [3.63, 3.8) is 0 Å². The molecule has 4 N–H and O–H groups in total. The summed E-state index contributed by atoms with van der Waals surface area (Å²) in [5.74, 6) is -0.486. The van der Waals surface area contributed by atoms with Gasteiger partial charge in [0.1, 0.15) is 16.7 Å². The van der Waals surface area contributed by atoms with Gasteiger partial charge in [-0.25, -0.2) is 4.72 Å². The molecule has 0 fully saturated rings. The number of benzene rings is 2. The van der Waals surface area contributed by atoms with Gasteiger partial charge in [0.15, 0.2) is 0 Å². The van der Waals surface area contributed by atoms with Gasteiger partial charge in [-0.15, -0.1) is 22.5 Å². The topological polar surface area (TPSA) is 102 Å². The molecule has 0 radical (unpaired) electrons. The molecule has 200 valence electrons.